The van der Waals surface area contributed by atoms with Gasteiger partial charge in [-0.1, -0.05) is 45.7 Å². The monoisotopic (exact) mass is 598 g/mol. The Labute approximate surface area is 226 Å². The summed E-state index contributed by atoms with van der Waals surface area (Å²) < 4.78 is 47.5. The van der Waals surface area contributed by atoms with Gasteiger partial charge in [0.2, 0.25) is 0 Å². The predicted octanol–water partition coefficient (Wildman–Crippen LogP) is 7.61. The highest BCUT2D eigenvalue weighted by Gasteiger charge is 2.35. The molecule has 10 heteroatoms. The average Bonchev–Trinajstić information content (AvgIpc) is 2.78. The van der Waals surface area contributed by atoms with Gasteiger partial charge in [-0.05, 0) is 69.5 Å². The first-order valence-electron chi connectivity index (χ1n) is 11.6. The number of rotatable bonds is 7. The summed E-state index contributed by atoms with van der Waals surface area (Å²) in [5.41, 5.74) is -0.296. The average molecular weight is 600 g/mol. The molecule has 0 fully saturated rings. The Bertz CT molecular complexity index is 1320. The first-order valence-corrected chi connectivity index (χ1v) is 12.8. The fourth-order valence-corrected chi connectivity index (χ4v) is 4.61. The first kappa shape index (κ1) is 28.9. The van der Waals surface area contributed by atoms with Crippen molar-refractivity contribution < 1.29 is 27.5 Å². The summed E-state index contributed by atoms with van der Waals surface area (Å²) in [7, 11) is 0. The molecule has 37 heavy (non-hydrogen) atoms. The maximum atomic E-state index is 13.8. The van der Waals surface area contributed by atoms with E-state index in [2.05, 4.69) is 26.2 Å². The fraction of sp³-hybridized carbons (Fsp3) is 0.370. The number of benzene rings is 2. The van der Waals surface area contributed by atoms with Gasteiger partial charge in [0.1, 0.15) is 10.8 Å². The van der Waals surface area contributed by atoms with Crippen molar-refractivity contribution in [3.63, 3.8) is 0 Å². The number of alkyl halides is 3. The Morgan fingerprint density at radius 2 is 1.81 bits per heavy atom. The van der Waals surface area contributed by atoms with Crippen LogP contribution < -0.4 is 5.32 Å². The number of nitrogens with one attached hydrogen (secondary N) is 1. The van der Waals surface area contributed by atoms with Crippen LogP contribution in [0.5, 0.6) is 0 Å². The lowest BCUT2D eigenvalue weighted by molar-refractivity contribution is -0.155. The molecule has 5 nitrogen and oxygen atoms in total. The number of hydrogen-bond acceptors (Lipinski definition) is 4. The zero-order chi connectivity index (χ0) is 27.5. The van der Waals surface area contributed by atoms with Crippen molar-refractivity contribution in [2.45, 2.75) is 58.2 Å². The van der Waals surface area contributed by atoms with Crippen molar-refractivity contribution in [2.75, 3.05) is 6.54 Å². The van der Waals surface area contributed by atoms with Crippen molar-refractivity contribution in [3.8, 4) is 0 Å². The maximum absolute atomic E-state index is 13.8. The molecule has 0 spiro atoms. The van der Waals surface area contributed by atoms with Crippen LogP contribution >= 0.6 is 27.5 Å². The molecule has 0 aliphatic rings. The SMILES string of the molecule is Cc1c(Cl)nc2ccc(Br)cc2c1C(=O)NCC(CCC(=O)OC(C)(C)C)c1ccccc1C(F)(F)F. The van der Waals surface area contributed by atoms with Crippen LogP contribution in [-0.4, -0.2) is 29.0 Å². The minimum Gasteiger partial charge on any atom is -0.460 e. The number of hydrogen-bond donors (Lipinski definition) is 1. The fourth-order valence-electron chi connectivity index (χ4n) is 4.06. The number of pyridine rings is 1. The standard InChI is InChI=1S/C27H27BrClF3N2O3/c1-15-23(19-13-17(28)10-11-21(19)34-24(15)29)25(36)33-14-16(9-12-22(35)37-26(2,3)4)18-7-5-6-8-20(18)27(30,31)32/h5-8,10-11,13,16H,9,12,14H2,1-4H3,(H,33,36). The van der Waals surface area contributed by atoms with Gasteiger partial charge in [0.25, 0.3) is 5.91 Å². The zero-order valence-electron chi connectivity index (χ0n) is 20.8. The highest BCUT2D eigenvalue weighted by Crippen LogP contribution is 2.37. The molecule has 1 aromatic heterocycles. The van der Waals surface area contributed by atoms with Gasteiger partial charge in [-0.3, -0.25) is 9.59 Å². The second-order valence-corrected chi connectivity index (χ2v) is 11.0. The highest BCUT2D eigenvalue weighted by atomic mass is 79.9. The van der Waals surface area contributed by atoms with Gasteiger partial charge in [0.15, 0.2) is 0 Å². The lowest BCUT2D eigenvalue weighted by Crippen LogP contribution is -2.31. The Morgan fingerprint density at radius 3 is 2.46 bits per heavy atom. The van der Waals surface area contributed by atoms with Gasteiger partial charge in [0.05, 0.1) is 16.6 Å². The molecule has 1 N–H and O–H groups in total. The van der Waals surface area contributed by atoms with Gasteiger partial charge in [-0.25, -0.2) is 4.98 Å². The number of esters is 1. The molecule has 1 atom stereocenters. The topological polar surface area (TPSA) is 68.3 Å². The van der Waals surface area contributed by atoms with E-state index in [0.717, 1.165) is 10.5 Å². The number of amides is 1. The molecule has 2 aromatic carbocycles. The van der Waals surface area contributed by atoms with Crippen LogP contribution in [0.2, 0.25) is 5.15 Å². The summed E-state index contributed by atoms with van der Waals surface area (Å²) >= 11 is 9.65. The number of ether oxygens (including phenoxy) is 1. The third-order valence-corrected chi connectivity index (χ3v) is 6.55. The summed E-state index contributed by atoms with van der Waals surface area (Å²) in [5.74, 6) is -1.83. The second-order valence-electron chi connectivity index (χ2n) is 9.68. The Hall–Kier alpha value is -2.65. The summed E-state index contributed by atoms with van der Waals surface area (Å²) in [6.07, 6.45) is -4.66. The molecule has 198 valence electrons. The third-order valence-electron chi connectivity index (χ3n) is 5.69. The third kappa shape index (κ3) is 7.45. The first-order chi connectivity index (χ1) is 17.2. The summed E-state index contributed by atoms with van der Waals surface area (Å²) in [6, 6.07) is 10.4. The van der Waals surface area contributed by atoms with Gasteiger partial charge in [-0.15, -0.1) is 0 Å². The molecule has 1 unspecified atom stereocenters. The van der Waals surface area contributed by atoms with Crippen LogP contribution in [0.1, 0.15) is 66.6 Å². The van der Waals surface area contributed by atoms with Crippen molar-refractivity contribution >= 4 is 50.3 Å². The van der Waals surface area contributed by atoms with Crippen molar-refractivity contribution in [1.82, 2.24) is 10.3 Å². The Kier molecular flexibility index (Phi) is 8.90. The molecule has 3 rings (SSSR count). The van der Waals surface area contributed by atoms with Crippen LogP contribution in [0.3, 0.4) is 0 Å². The summed E-state index contributed by atoms with van der Waals surface area (Å²) in [4.78, 5) is 30.0. The van der Waals surface area contributed by atoms with Gasteiger partial charge in [-0.2, -0.15) is 13.2 Å². The number of halogens is 5. The molecule has 3 aromatic rings. The lowest BCUT2D eigenvalue weighted by atomic mass is 9.89. The van der Waals surface area contributed by atoms with Crippen molar-refractivity contribution in [3.05, 3.63) is 74.3 Å². The lowest BCUT2D eigenvalue weighted by Gasteiger charge is -2.24. The molecule has 0 radical (unpaired) electrons. The van der Waals surface area contributed by atoms with Crippen LogP contribution in [0.15, 0.2) is 46.9 Å². The van der Waals surface area contributed by atoms with E-state index in [1.165, 1.54) is 18.2 Å². The van der Waals surface area contributed by atoms with Crippen molar-refractivity contribution in [2.24, 2.45) is 0 Å². The Balaban J connectivity index is 1.93. The summed E-state index contributed by atoms with van der Waals surface area (Å²) in [6.45, 7) is 6.67. The number of carbonyl (C=O) groups excluding carboxylic acids is 2. The molecule has 0 saturated heterocycles. The normalized spacial score (nSPS) is 12.9. The number of carbonyl (C=O) groups is 2. The molecular formula is C27H27BrClF3N2O3. The quantitative estimate of drug-likeness (QED) is 0.224. The van der Waals surface area contributed by atoms with Gasteiger partial charge >= 0.3 is 12.1 Å². The van der Waals surface area contributed by atoms with Gasteiger partial charge in [0, 0.05) is 28.7 Å². The van der Waals surface area contributed by atoms with Crippen LogP contribution in [0.4, 0.5) is 13.2 Å². The smallest absolute Gasteiger partial charge is 0.416 e. The molecule has 0 bridgehead atoms. The second kappa shape index (κ2) is 11.4. The molecule has 1 heterocycles. The van der Waals surface area contributed by atoms with E-state index in [1.807, 2.05) is 0 Å². The van der Waals surface area contributed by atoms with Crippen LogP contribution in [-0.2, 0) is 15.7 Å². The summed E-state index contributed by atoms with van der Waals surface area (Å²) in [5, 5.41) is 3.47. The minimum absolute atomic E-state index is 0.00376. The maximum Gasteiger partial charge on any atom is 0.416 e. The number of fused-ring (bicyclic) bond motifs is 1. The van der Waals surface area contributed by atoms with Crippen LogP contribution in [0, 0.1) is 6.92 Å². The predicted molar refractivity (Wildman–Crippen MR) is 141 cm³/mol. The zero-order valence-corrected chi connectivity index (χ0v) is 23.1. The molecule has 1 amide bonds. The minimum atomic E-state index is -4.59. The van der Waals surface area contributed by atoms with Crippen molar-refractivity contribution in [1.29, 1.82) is 0 Å². The molecule has 0 aliphatic heterocycles. The van der Waals surface area contributed by atoms with E-state index in [-0.39, 0.29) is 35.7 Å². The van der Waals surface area contributed by atoms with Crippen LogP contribution in [0.25, 0.3) is 10.9 Å². The number of nitrogens with zero attached hydrogens (tertiary/aromatic N) is 1. The molecular weight excluding hydrogens is 573 g/mol. The van der Waals surface area contributed by atoms with E-state index < -0.39 is 35.1 Å². The van der Waals surface area contributed by atoms with E-state index in [0.29, 0.717) is 16.5 Å². The van der Waals surface area contributed by atoms with E-state index >= 15 is 0 Å². The largest absolute Gasteiger partial charge is 0.460 e. The van der Waals surface area contributed by atoms with E-state index in [1.54, 1.807) is 45.9 Å². The number of aromatic nitrogens is 1. The van der Waals surface area contributed by atoms with E-state index in [9.17, 15) is 22.8 Å². The molecule has 0 saturated carbocycles. The van der Waals surface area contributed by atoms with Gasteiger partial charge < -0.3 is 10.1 Å². The Morgan fingerprint density at radius 1 is 1.14 bits per heavy atom. The van der Waals surface area contributed by atoms with E-state index in [4.69, 9.17) is 16.3 Å². The molecule has 0 aliphatic carbocycles. The highest BCUT2D eigenvalue weighted by molar-refractivity contribution is 9.10.